The monoisotopic (exact) mass is 313 g/mol. The van der Waals surface area contributed by atoms with Gasteiger partial charge in [0.2, 0.25) is 5.91 Å². The van der Waals surface area contributed by atoms with Crippen molar-refractivity contribution in [3.63, 3.8) is 0 Å². The van der Waals surface area contributed by atoms with Crippen molar-refractivity contribution in [1.29, 1.82) is 5.26 Å². The summed E-state index contributed by atoms with van der Waals surface area (Å²) < 4.78 is 0. The Bertz CT molecular complexity index is 568. The Kier molecular flexibility index (Phi) is 5.43. The minimum Gasteiger partial charge on any atom is -0.353 e. The molecule has 0 bridgehead atoms. The fraction of sp³-hybridized carbons (Fsp3) is 0.579. The second-order valence-corrected chi connectivity index (χ2v) is 7.18. The molecule has 0 radical (unpaired) electrons. The molecule has 4 heteroatoms. The van der Waals surface area contributed by atoms with Crippen LogP contribution >= 0.6 is 0 Å². The van der Waals surface area contributed by atoms with Crippen LogP contribution in [-0.4, -0.2) is 18.0 Å². The van der Waals surface area contributed by atoms with Crippen molar-refractivity contribution in [3.8, 4) is 6.07 Å². The standard InChI is InChI=1S/C19H27N3O/c1-15(16-9-5-4-6-10-16)22-19(11-7-8-12-19)14-21-17(23)18(2,3)13-20/h4-6,9-10,15,22H,7-8,11-12,14H2,1-3H3,(H,21,23)/t15-/m1/s1. The predicted octanol–water partition coefficient (Wildman–Crippen LogP) is 3.32. The Hall–Kier alpha value is -1.86. The van der Waals surface area contributed by atoms with E-state index in [1.54, 1.807) is 13.8 Å². The number of carbonyl (C=O) groups excluding carboxylic acids is 1. The molecule has 2 N–H and O–H groups in total. The molecule has 1 saturated carbocycles. The van der Waals surface area contributed by atoms with Gasteiger partial charge in [-0.1, -0.05) is 43.2 Å². The van der Waals surface area contributed by atoms with E-state index in [9.17, 15) is 4.79 Å². The lowest BCUT2D eigenvalue weighted by Crippen LogP contribution is -2.53. The normalized spacial score (nSPS) is 18.2. The summed E-state index contributed by atoms with van der Waals surface area (Å²) in [6.07, 6.45) is 4.45. The summed E-state index contributed by atoms with van der Waals surface area (Å²) in [4.78, 5) is 12.2. The highest BCUT2D eigenvalue weighted by Gasteiger charge is 2.37. The van der Waals surface area contributed by atoms with Gasteiger partial charge in [0.15, 0.2) is 0 Å². The van der Waals surface area contributed by atoms with Crippen molar-refractivity contribution >= 4 is 5.91 Å². The SMILES string of the molecule is C[C@@H](NC1(CNC(=O)C(C)(C)C#N)CCCC1)c1ccccc1. The first-order valence-electron chi connectivity index (χ1n) is 8.41. The highest BCUT2D eigenvalue weighted by molar-refractivity contribution is 5.84. The van der Waals surface area contributed by atoms with Crippen molar-refractivity contribution in [2.24, 2.45) is 5.41 Å². The van der Waals surface area contributed by atoms with Gasteiger partial charge in [0, 0.05) is 18.1 Å². The largest absolute Gasteiger partial charge is 0.353 e. The number of nitriles is 1. The van der Waals surface area contributed by atoms with Crippen LogP contribution in [0.1, 0.15) is 58.1 Å². The van der Waals surface area contributed by atoms with E-state index in [1.807, 2.05) is 18.2 Å². The highest BCUT2D eigenvalue weighted by Crippen LogP contribution is 2.32. The Labute approximate surface area is 139 Å². The highest BCUT2D eigenvalue weighted by atomic mass is 16.2. The van der Waals surface area contributed by atoms with E-state index < -0.39 is 5.41 Å². The molecule has 1 aliphatic carbocycles. The summed E-state index contributed by atoms with van der Waals surface area (Å²) in [5, 5.41) is 15.8. The maximum absolute atomic E-state index is 12.2. The van der Waals surface area contributed by atoms with Crippen LogP contribution in [-0.2, 0) is 4.79 Å². The lowest BCUT2D eigenvalue weighted by Gasteiger charge is -2.35. The van der Waals surface area contributed by atoms with Gasteiger partial charge in [-0.3, -0.25) is 4.79 Å². The summed E-state index contributed by atoms with van der Waals surface area (Å²) in [5.41, 5.74) is 0.198. The molecule has 0 aromatic heterocycles. The van der Waals surface area contributed by atoms with Crippen LogP contribution in [0.4, 0.5) is 0 Å². The maximum atomic E-state index is 12.2. The zero-order valence-electron chi connectivity index (χ0n) is 14.4. The minimum absolute atomic E-state index is 0.0730. The molecule has 124 valence electrons. The number of nitrogens with zero attached hydrogens (tertiary/aromatic N) is 1. The van der Waals surface area contributed by atoms with Gasteiger partial charge in [0.25, 0.3) is 0 Å². The van der Waals surface area contributed by atoms with E-state index in [-0.39, 0.29) is 17.5 Å². The molecular formula is C19H27N3O. The Balaban J connectivity index is 2.02. The van der Waals surface area contributed by atoms with Gasteiger partial charge < -0.3 is 10.6 Å². The van der Waals surface area contributed by atoms with Gasteiger partial charge in [-0.2, -0.15) is 5.26 Å². The van der Waals surface area contributed by atoms with Crippen molar-refractivity contribution < 1.29 is 4.79 Å². The average Bonchev–Trinajstić information content (AvgIpc) is 3.02. The topological polar surface area (TPSA) is 64.9 Å². The number of hydrogen-bond donors (Lipinski definition) is 2. The number of nitrogens with one attached hydrogen (secondary N) is 2. The van der Waals surface area contributed by atoms with Crippen molar-refractivity contribution in [2.45, 2.75) is 58.0 Å². The second-order valence-electron chi connectivity index (χ2n) is 7.18. The number of amides is 1. The molecule has 0 unspecified atom stereocenters. The summed E-state index contributed by atoms with van der Waals surface area (Å²) in [5.74, 6) is -0.194. The fourth-order valence-corrected chi connectivity index (χ4v) is 3.23. The zero-order valence-corrected chi connectivity index (χ0v) is 14.4. The summed E-state index contributed by atoms with van der Waals surface area (Å²) >= 11 is 0. The number of hydrogen-bond acceptors (Lipinski definition) is 3. The first kappa shape index (κ1) is 17.5. The van der Waals surface area contributed by atoms with Crippen LogP contribution in [0.5, 0.6) is 0 Å². The van der Waals surface area contributed by atoms with Gasteiger partial charge >= 0.3 is 0 Å². The summed E-state index contributed by atoms with van der Waals surface area (Å²) in [6.45, 7) is 6.05. The molecule has 1 aliphatic rings. The third-order valence-electron chi connectivity index (χ3n) is 4.82. The number of carbonyl (C=O) groups is 1. The molecule has 4 nitrogen and oxygen atoms in total. The summed E-state index contributed by atoms with van der Waals surface area (Å²) in [7, 11) is 0. The van der Waals surface area contributed by atoms with Crippen LogP contribution in [0.2, 0.25) is 0 Å². The Morgan fingerprint density at radius 3 is 2.48 bits per heavy atom. The van der Waals surface area contributed by atoms with Crippen LogP contribution in [0.15, 0.2) is 30.3 Å². The van der Waals surface area contributed by atoms with E-state index in [2.05, 4.69) is 35.8 Å². The molecule has 2 rings (SSSR count). The zero-order chi connectivity index (χ0) is 16.9. The predicted molar refractivity (Wildman–Crippen MR) is 91.6 cm³/mol. The first-order valence-corrected chi connectivity index (χ1v) is 8.41. The van der Waals surface area contributed by atoms with E-state index in [0.29, 0.717) is 6.54 Å². The molecular weight excluding hydrogens is 286 g/mol. The van der Waals surface area contributed by atoms with Gasteiger partial charge in [-0.25, -0.2) is 0 Å². The molecule has 0 heterocycles. The molecule has 0 spiro atoms. The number of rotatable bonds is 6. The Morgan fingerprint density at radius 1 is 1.30 bits per heavy atom. The molecule has 23 heavy (non-hydrogen) atoms. The number of benzene rings is 1. The van der Waals surface area contributed by atoms with Gasteiger partial charge in [0.1, 0.15) is 5.41 Å². The lowest BCUT2D eigenvalue weighted by molar-refractivity contribution is -0.127. The average molecular weight is 313 g/mol. The smallest absolute Gasteiger partial charge is 0.239 e. The van der Waals surface area contributed by atoms with E-state index in [4.69, 9.17) is 5.26 Å². The molecule has 1 aromatic carbocycles. The molecule has 1 aromatic rings. The third-order valence-corrected chi connectivity index (χ3v) is 4.82. The second kappa shape index (κ2) is 7.14. The maximum Gasteiger partial charge on any atom is 0.239 e. The van der Waals surface area contributed by atoms with E-state index in [1.165, 1.54) is 18.4 Å². The third kappa shape index (κ3) is 4.33. The Morgan fingerprint density at radius 2 is 1.91 bits per heavy atom. The fourth-order valence-electron chi connectivity index (χ4n) is 3.23. The molecule has 1 amide bonds. The van der Waals surface area contributed by atoms with Crippen LogP contribution < -0.4 is 10.6 Å². The van der Waals surface area contributed by atoms with Crippen LogP contribution in [0.25, 0.3) is 0 Å². The quantitative estimate of drug-likeness (QED) is 0.847. The van der Waals surface area contributed by atoms with Crippen molar-refractivity contribution in [3.05, 3.63) is 35.9 Å². The van der Waals surface area contributed by atoms with Gasteiger partial charge in [-0.05, 0) is 39.2 Å². The molecule has 0 aliphatic heterocycles. The summed E-state index contributed by atoms with van der Waals surface area (Å²) in [6, 6.07) is 12.7. The van der Waals surface area contributed by atoms with Gasteiger partial charge in [-0.15, -0.1) is 0 Å². The molecule has 1 atom stereocenters. The molecule has 0 saturated heterocycles. The van der Waals surface area contributed by atoms with Crippen molar-refractivity contribution in [2.75, 3.05) is 6.54 Å². The molecule has 1 fully saturated rings. The van der Waals surface area contributed by atoms with Crippen molar-refractivity contribution in [1.82, 2.24) is 10.6 Å². The lowest BCUT2D eigenvalue weighted by atomic mass is 9.91. The minimum atomic E-state index is -0.981. The first-order chi connectivity index (χ1) is 10.9. The van der Waals surface area contributed by atoms with Crippen LogP contribution in [0, 0.1) is 16.7 Å². The van der Waals surface area contributed by atoms with Crippen LogP contribution in [0.3, 0.4) is 0 Å². The van der Waals surface area contributed by atoms with E-state index >= 15 is 0 Å². The van der Waals surface area contributed by atoms with E-state index in [0.717, 1.165) is 12.8 Å². The van der Waals surface area contributed by atoms with Gasteiger partial charge in [0.05, 0.1) is 6.07 Å².